The Morgan fingerprint density at radius 2 is 2.14 bits per heavy atom. The van der Waals surface area contributed by atoms with Crippen molar-refractivity contribution in [1.29, 1.82) is 0 Å². The van der Waals surface area contributed by atoms with Gasteiger partial charge in [0.25, 0.3) is 5.91 Å². The zero-order chi connectivity index (χ0) is 16.0. The molecule has 120 valence electrons. The Morgan fingerprint density at radius 3 is 2.77 bits per heavy atom. The van der Waals surface area contributed by atoms with Crippen LogP contribution < -0.4 is 0 Å². The van der Waals surface area contributed by atoms with Crippen LogP contribution in [-0.2, 0) is 4.79 Å². The van der Waals surface area contributed by atoms with Crippen LogP contribution in [0.3, 0.4) is 0 Å². The van der Waals surface area contributed by atoms with Gasteiger partial charge in [0, 0.05) is 32.5 Å². The molecule has 0 spiro atoms. The van der Waals surface area contributed by atoms with Crippen LogP contribution in [0.5, 0.6) is 0 Å². The first-order valence-corrected chi connectivity index (χ1v) is 8.72. The van der Waals surface area contributed by atoms with Crippen molar-refractivity contribution in [3.05, 3.63) is 15.6 Å². The molecule has 3 rings (SSSR count). The summed E-state index contributed by atoms with van der Waals surface area (Å²) >= 11 is 1.51. The molecule has 2 saturated heterocycles. The van der Waals surface area contributed by atoms with Gasteiger partial charge in [-0.3, -0.25) is 9.59 Å². The number of likely N-dealkylation sites (N-methyl/N-ethyl adjacent to an activating group) is 1. The largest absolute Gasteiger partial charge is 0.341 e. The second-order valence-corrected chi connectivity index (χ2v) is 7.73. The van der Waals surface area contributed by atoms with Crippen LogP contribution in [0.25, 0.3) is 0 Å². The molecule has 0 radical (unpaired) electrons. The molecular formula is C16H23N3O2S. The lowest BCUT2D eigenvalue weighted by Crippen LogP contribution is -2.49. The number of fused-ring (bicyclic) bond motifs is 1. The maximum Gasteiger partial charge on any atom is 0.265 e. The molecular weight excluding hydrogens is 298 g/mol. The molecule has 2 fully saturated rings. The smallest absolute Gasteiger partial charge is 0.265 e. The summed E-state index contributed by atoms with van der Waals surface area (Å²) in [6, 6.07) is 0.183. The maximum atomic E-state index is 12.8. The van der Waals surface area contributed by atoms with E-state index in [1.165, 1.54) is 11.3 Å². The van der Waals surface area contributed by atoms with Crippen molar-refractivity contribution in [2.75, 3.05) is 20.1 Å². The van der Waals surface area contributed by atoms with Crippen LogP contribution in [0.2, 0.25) is 0 Å². The summed E-state index contributed by atoms with van der Waals surface area (Å²) in [7, 11) is 1.86. The van der Waals surface area contributed by atoms with Gasteiger partial charge in [-0.25, -0.2) is 4.98 Å². The summed E-state index contributed by atoms with van der Waals surface area (Å²) in [5.74, 6) is 1.04. The molecule has 2 aliphatic rings. The van der Waals surface area contributed by atoms with E-state index in [0.717, 1.165) is 28.5 Å². The van der Waals surface area contributed by atoms with Crippen molar-refractivity contribution in [3.8, 4) is 0 Å². The van der Waals surface area contributed by atoms with Gasteiger partial charge in [-0.1, -0.05) is 13.8 Å². The maximum absolute atomic E-state index is 12.8. The van der Waals surface area contributed by atoms with Gasteiger partial charge in [0.1, 0.15) is 4.88 Å². The minimum atomic E-state index is 0.0769. The number of amides is 2. The van der Waals surface area contributed by atoms with E-state index < -0.39 is 0 Å². The topological polar surface area (TPSA) is 53.5 Å². The molecule has 6 heteroatoms. The third kappa shape index (κ3) is 2.53. The summed E-state index contributed by atoms with van der Waals surface area (Å²) in [6.45, 7) is 7.50. The van der Waals surface area contributed by atoms with Gasteiger partial charge in [0.2, 0.25) is 5.91 Å². The predicted octanol–water partition coefficient (Wildman–Crippen LogP) is 2.27. The van der Waals surface area contributed by atoms with Crippen molar-refractivity contribution in [3.63, 3.8) is 0 Å². The highest BCUT2D eigenvalue weighted by Crippen LogP contribution is 2.33. The summed E-state index contributed by atoms with van der Waals surface area (Å²) in [5.41, 5.74) is 0.830. The molecule has 0 aromatic carbocycles. The minimum absolute atomic E-state index is 0.0769. The molecule has 0 N–H and O–H groups in total. The van der Waals surface area contributed by atoms with E-state index >= 15 is 0 Å². The summed E-state index contributed by atoms with van der Waals surface area (Å²) in [5, 5.41) is 1.02. The van der Waals surface area contributed by atoms with Crippen molar-refractivity contribution < 1.29 is 9.59 Å². The molecule has 0 unspecified atom stereocenters. The van der Waals surface area contributed by atoms with Gasteiger partial charge in [-0.15, -0.1) is 11.3 Å². The molecule has 0 bridgehead atoms. The van der Waals surface area contributed by atoms with E-state index in [1.807, 2.05) is 23.8 Å². The fourth-order valence-corrected chi connectivity index (χ4v) is 4.44. The summed E-state index contributed by atoms with van der Waals surface area (Å²) < 4.78 is 0. The SMILES string of the molecule is Cc1nc(C(C)C)sc1C(=O)N1CC[C@@H]2CC(=O)N(C)[C@@H]2C1. The zero-order valence-electron chi connectivity index (χ0n) is 13.6. The third-order valence-electron chi connectivity index (χ3n) is 4.84. The highest BCUT2D eigenvalue weighted by atomic mass is 32.1. The van der Waals surface area contributed by atoms with Crippen molar-refractivity contribution >= 4 is 23.2 Å². The number of piperidine rings is 1. The number of hydrogen-bond donors (Lipinski definition) is 0. The molecule has 2 atom stereocenters. The Morgan fingerprint density at radius 1 is 1.41 bits per heavy atom. The Labute approximate surface area is 135 Å². The first-order chi connectivity index (χ1) is 10.4. The van der Waals surface area contributed by atoms with Gasteiger partial charge in [-0.2, -0.15) is 0 Å². The van der Waals surface area contributed by atoms with Gasteiger partial charge < -0.3 is 9.80 Å². The fraction of sp³-hybridized carbons (Fsp3) is 0.688. The molecule has 2 aliphatic heterocycles. The molecule has 0 saturated carbocycles. The Balaban J connectivity index is 1.77. The monoisotopic (exact) mass is 321 g/mol. The quantitative estimate of drug-likeness (QED) is 0.839. The van der Waals surface area contributed by atoms with Crippen LogP contribution in [0.1, 0.15) is 53.0 Å². The van der Waals surface area contributed by atoms with Crippen LogP contribution in [0.15, 0.2) is 0 Å². The number of nitrogens with zero attached hydrogens (tertiary/aromatic N) is 3. The number of thiazole rings is 1. The molecule has 1 aromatic heterocycles. The van der Waals surface area contributed by atoms with E-state index in [4.69, 9.17) is 0 Å². The second-order valence-electron chi connectivity index (χ2n) is 6.70. The number of carbonyl (C=O) groups is 2. The van der Waals surface area contributed by atoms with Gasteiger partial charge in [-0.05, 0) is 19.3 Å². The predicted molar refractivity (Wildman–Crippen MR) is 86.1 cm³/mol. The van der Waals surface area contributed by atoms with Crippen molar-refractivity contribution in [1.82, 2.24) is 14.8 Å². The number of likely N-dealkylation sites (tertiary alicyclic amines) is 2. The average molecular weight is 321 g/mol. The molecule has 2 amide bonds. The number of carbonyl (C=O) groups excluding carboxylic acids is 2. The van der Waals surface area contributed by atoms with Gasteiger partial charge in [0.05, 0.1) is 16.7 Å². The lowest BCUT2D eigenvalue weighted by atomic mass is 9.92. The molecule has 5 nitrogen and oxygen atoms in total. The van der Waals surface area contributed by atoms with E-state index in [0.29, 0.717) is 24.8 Å². The van der Waals surface area contributed by atoms with E-state index in [2.05, 4.69) is 18.8 Å². The molecule has 0 aliphatic carbocycles. The number of aryl methyl sites for hydroxylation is 1. The van der Waals surface area contributed by atoms with Gasteiger partial charge >= 0.3 is 0 Å². The molecule has 1 aromatic rings. The van der Waals surface area contributed by atoms with Crippen LogP contribution in [-0.4, -0.2) is 52.8 Å². The highest BCUT2D eigenvalue weighted by Gasteiger charge is 2.42. The zero-order valence-corrected chi connectivity index (χ0v) is 14.4. The summed E-state index contributed by atoms with van der Waals surface area (Å²) in [6.07, 6.45) is 1.56. The second kappa shape index (κ2) is 5.65. The van der Waals surface area contributed by atoms with E-state index in [1.54, 1.807) is 0 Å². The van der Waals surface area contributed by atoms with Gasteiger partial charge in [0.15, 0.2) is 0 Å². The number of hydrogen-bond acceptors (Lipinski definition) is 4. The fourth-order valence-electron chi connectivity index (χ4n) is 3.40. The van der Waals surface area contributed by atoms with E-state index in [9.17, 15) is 9.59 Å². The summed E-state index contributed by atoms with van der Waals surface area (Å²) in [4.78, 5) is 33.7. The standard InChI is InChI=1S/C16H23N3O2S/c1-9(2)15-17-10(3)14(22-15)16(21)19-6-5-11-7-13(20)18(4)12(11)8-19/h9,11-12H,5-8H2,1-4H3/t11-,12-/m1/s1. The third-order valence-corrected chi connectivity index (χ3v) is 6.28. The lowest BCUT2D eigenvalue weighted by Gasteiger charge is -2.36. The van der Waals surface area contributed by atoms with E-state index in [-0.39, 0.29) is 17.9 Å². The first-order valence-electron chi connectivity index (χ1n) is 7.90. The normalized spacial score (nSPS) is 25.0. The molecule has 3 heterocycles. The minimum Gasteiger partial charge on any atom is -0.341 e. The van der Waals surface area contributed by atoms with Crippen LogP contribution in [0, 0.1) is 12.8 Å². The average Bonchev–Trinajstić information content (AvgIpc) is 3.00. The van der Waals surface area contributed by atoms with Crippen molar-refractivity contribution in [2.45, 2.75) is 45.6 Å². The first kappa shape index (κ1) is 15.5. The molecule has 22 heavy (non-hydrogen) atoms. The number of rotatable bonds is 2. The van der Waals surface area contributed by atoms with Crippen LogP contribution in [0.4, 0.5) is 0 Å². The van der Waals surface area contributed by atoms with Crippen molar-refractivity contribution in [2.24, 2.45) is 5.92 Å². The Hall–Kier alpha value is -1.43. The Bertz CT molecular complexity index is 611. The highest BCUT2D eigenvalue weighted by molar-refractivity contribution is 7.13. The number of aromatic nitrogens is 1. The lowest BCUT2D eigenvalue weighted by molar-refractivity contribution is -0.127. The Kier molecular flexibility index (Phi) is 3.97. The van der Waals surface area contributed by atoms with Crippen LogP contribution >= 0.6 is 11.3 Å².